The van der Waals surface area contributed by atoms with Crippen molar-refractivity contribution >= 4 is 21.4 Å². The Balaban J connectivity index is 1.52. The van der Waals surface area contributed by atoms with Gasteiger partial charge in [-0.2, -0.15) is 0 Å². The Labute approximate surface area is 133 Å². The zero-order chi connectivity index (χ0) is 14.8. The quantitative estimate of drug-likeness (QED) is 0.492. The van der Waals surface area contributed by atoms with Gasteiger partial charge in [-0.15, -0.1) is 11.3 Å². The predicted octanol–water partition coefficient (Wildman–Crippen LogP) is 6.13. The maximum absolute atomic E-state index is 3.60. The van der Waals surface area contributed by atoms with Crippen molar-refractivity contribution in [1.82, 2.24) is 5.32 Å². The Hall–Kier alpha value is -0.860. The lowest BCUT2D eigenvalue weighted by molar-refractivity contribution is 0.555. The molecule has 0 atom stereocenters. The summed E-state index contributed by atoms with van der Waals surface area (Å²) in [4.78, 5) is 0. The average molecular weight is 304 g/mol. The van der Waals surface area contributed by atoms with Gasteiger partial charge in [0.2, 0.25) is 0 Å². The summed E-state index contributed by atoms with van der Waals surface area (Å²) in [5.74, 6) is 0. The minimum Gasteiger partial charge on any atom is -0.313 e. The normalized spacial score (nSPS) is 11.3. The van der Waals surface area contributed by atoms with Gasteiger partial charge in [0.25, 0.3) is 0 Å². The molecule has 116 valence electrons. The largest absolute Gasteiger partial charge is 0.313 e. The molecule has 0 amide bonds. The molecule has 21 heavy (non-hydrogen) atoms. The maximum atomic E-state index is 3.60. The number of benzene rings is 1. The standard InChI is InChI=1S/C19H29NS/c1-2-3-4-5-6-7-8-11-14-20-15-17-16-21-19-13-10-9-12-18(17)19/h9-10,12-13,16,20H,2-8,11,14-15H2,1H3. The lowest BCUT2D eigenvalue weighted by atomic mass is 10.1. The van der Waals surface area contributed by atoms with Gasteiger partial charge >= 0.3 is 0 Å². The van der Waals surface area contributed by atoms with Gasteiger partial charge in [0.15, 0.2) is 0 Å². The molecule has 1 N–H and O–H groups in total. The van der Waals surface area contributed by atoms with Crippen LogP contribution in [0.25, 0.3) is 10.1 Å². The van der Waals surface area contributed by atoms with Crippen LogP contribution in [0.15, 0.2) is 29.6 Å². The van der Waals surface area contributed by atoms with Crippen molar-refractivity contribution in [3.8, 4) is 0 Å². The van der Waals surface area contributed by atoms with E-state index in [9.17, 15) is 0 Å². The second-order valence-corrected chi connectivity index (χ2v) is 6.82. The molecular formula is C19H29NS. The number of nitrogens with one attached hydrogen (secondary N) is 1. The molecule has 1 nitrogen and oxygen atoms in total. The Morgan fingerprint density at radius 2 is 1.62 bits per heavy atom. The summed E-state index contributed by atoms with van der Waals surface area (Å²) in [6.07, 6.45) is 11.2. The van der Waals surface area contributed by atoms with Crippen LogP contribution in [0.2, 0.25) is 0 Å². The van der Waals surface area contributed by atoms with Crippen molar-refractivity contribution in [2.45, 2.75) is 64.8 Å². The molecule has 2 rings (SSSR count). The Morgan fingerprint density at radius 1 is 0.905 bits per heavy atom. The fourth-order valence-corrected chi connectivity index (χ4v) is 3.74. The van der Waals surface area contributed by atoms with Crippen LogP contribution >= 0.6 is 11.3 Å². The van der Waals surface area contributed by atoms with Gasteiger partial charge in [-0.25, -0.2) is 0 Å². The van der Waals surface area contributed by atoms with Crippen LogP contribution in [0.5, 0.6) is 0 Å². The molecule has 2 heteroatoms. The van der Waals surface area contributed by atoms with Crippen molar-refractivity contribution in [3.63, 3.8) is 0 Å². The smallest absolute Gasteiger partial charge is 0.0346 e. The van der Waals surface area contributed by atoms with Crippen LogP contribution in [0.3, 0.4) is 0 Å². The lowest BCUT2D eigenvalue weighted by Crippen LogP contribution is -2.14. The molecule has 0 unspecified atom stereocenters. The molecule has 0 bridgehead atoms. The van der Waals surface area contributed by atoms with Crippen LogP contribution in [-0.2, 0) is 6.54 Å². The summed E-state index contributed by atoms with van der Waals surface area (Å²) in [6, 6.07) is 8.70. The molecule has 0 spiro atoms. The second kappa shape index (κ2) is 9.97. The minimum absolute atomic E-state index is 1.01. The first-order valence-electron chi connectivity index (χ1n) is 8.57. The van der Waals surface area contributed by atoms with Crippen molar-refractivity contribution in [1.29, 1.82) is 0 Å². The van der Waals surface area contributed by atoms with E-state index in [4.69, 9.17) is 0 Å². The van der Waals surface area contributed by atoms with Gasteiger partial charge in [0.1, 0.15) is 0 Å². The second-order valence-electron chi connectivity index (χ2n) is 5.91. The van der Waals surface area contributed by atoms with E-state index in [-0.39, 0.29) is 0 Å². The summed E-state index contributed by atoms with van der Waals surface area (Å²) in [7, 11) is 0. The van der Waals surface area contributed by atoms with Gasteiger partial charge in [-0.3, -0.25) is 0 Å². The fourth-order valence-electron chi connectivity index (χ4n) is 2.78. The van der Waals surface area contributed by atoms with Crippen LogP contribution < -0.4 is 5.32 Å². The zero-order valence-corrected chi connectivity index (χ0v) is 14.2. The zero-order valence-electron chi connectivity index (χ0n) is 13.4. The number of unbranched alkanes of at least 4 members (excludes halogenated alkanes) is 7. The van der Waals surface area contributed by atoms with E-state index in [0.717, 1.165) is 13.1 Å². The van der Waals surface area contributed by atoms with Crippen LogP contribution in [0.4, 0.5) is 0 Å². The van der Waals surface area contributed by atoms with Gasteiger partial charge < -0.3 is 5.32 Å². The van der Waals surface area contributed by atoms with Crippen LogP contribution in [0, 0.1) is 0 Å². The van der Waals surface area contributed by atoms with E-state index < -0.39 is 0 Å². The Bertz CT molecular complexity index is 503. The van der Waals surface area contributed by atoms with E-state index in [2.05, 4.69) is 41.9 Å². The van der Waals surface area contributed by atoms with E-state index in [1.807, 2.05) is 11.3 Å². The van der Waals surface area contributed by atoms with E-state index in [1.165, 1.54) is 67.0 Å². The molecule has 0 aliphatic rings. The summed E-state index contributed by atoms with van der Waals surface area (Å²) in [5.41, 5.74) is 1.45. The molecule has 0 radical (unpaired) electrons. The van der Waals surface area contributed by atoms with Crippen molar-refractivity contribution in [3.05, 3.63) is 35.2 Å². The molecule has 0 saturated carbocycles. The van der Waals surface area contributed by atoms with Crippen molar-refractivity contribution in [2.24, 2.45) is 0 Å². The van der Waals surface area contributed by atoms with E-state index >= 15 is 0 Å². The van der Waals surface area contributed by atoms with Gasteiger partial charge in [0, 0.05) is 11.2 Å². The van der Waals surface area contributed by atoms with E-state index in [1.54, 1.807) is 0 Å². The summed E-state index contributed by atoms with van der Waals surface area (Å²) >= 11 is 1.86. The monoisotopic (exact) mass is 303 g/mol. The topological polar surface area (TPSA) is 12.0 Å². The molecule has 2 aromatic rings. The Kier molecular flexibility index (Phi) is 7.83. The number of hydrogen-bond acceptors (Lipinski definition) is 2. The minimum atomic E-state index is 1.01. The van der Waals surface area contributed by atoms with E-state index in [0.29, 0.717) is 0 Å². The highest BCUT2D eigenvalue weighted by atomic mass is 32.1. The highest BCUT2D eigenvalue weighted by Crippen LogP contribution is 2.25. The average Bonchev–Trinajstić information content (AvgIpc) is 2.92. The Morgan fingerprint density at radius 3 is 2.43 bits per heavy atom. The molecule has 1 aromatic heterocycles. The summed E-state index contributed by atoms with van der Waals surface area (Å²) in [6.45, 7) is 4.45. The molecule has 0 saturated heterocycles. The molecule has 1 aromatic carbocycles. The highest BCUT2D eigenvalue weighted by molar-refractivity contribution is 7.17. The van der Waals surface area contributed by atoms with Gasteiger partial charge in [-0.1, -0.05) is 70.1 Å². The maximum Gasteiger partial charge on any atom is 0.0346 e. The number of rotatable bonds is 11. The van der Waals surface area contributed by atoms with Crippen LogP contribution in [-0.4, -0.2) is 6.54 Å². The van der Waals surface area contributed by atoms with Gasteiger partial charge in [0.05, 0.1) is 0 Å². The first-order valence-corrected chi connectivity index (χ1v) is 9.45. The summed E-state index contributed by atoms with van der Waals surface area (Å²) < 4.78 is 1.40. The van der Waals surface area contributed by atoms with Gasteiger partial charge in [-0.05, 0) is 35.4 Å². The third-order valence-electron chi connectivity index (χ3n) is 4.08. The first-order chi connectivity index (χ1) is 10.4. The molecule has 1 heterocycles. The fraction of sp³-hybridized carbons (Fsp3) is 0.579. The molecule has 0 fully saturated rings. The summed E-state index contributed by atoms with van der Waals surface area (Å²) in [5, 5.41) is 7.32. The molecular weight excluding hydrogens is 274 g/mol. The third-order valence-corrected chi connectivity index (χ3v) is 5.10. The number of fused-ring (bicyclic) bond motifs is 1. The van der Waals surface area contributed by atoms with Crippen molar-refractivity contribution in [2.75, 3.05) is 6.54 Å². The highest BCUT2D eigenvalue weighted by Gasteiger charge is 2.02. The van der Waals surface area contributed by atoms with Crippen molar-refractivity contribution < 1.29 is 0 Å². The molecule has 0 aliphatic heterocycles. The number of thiophene rings is 1. The first kappa shape index (κ1) is 16.5. The number of hydrogen-bond donors (Lipinski definition) is 1. The predicted molar refractivity (Wildman–Crippen MR) is 96.1 cm³/mol. The third kappa shape index (κ3) is 5.80. The van der Waals surface area contributed by atoms with Crippen LogP contribution in [0.1, 0.15) is 63.9 Å². The SMILES string of the molecule is CCCCCCCCCCNCc1csc2ccccc12. The molecule has 0 aliphatic carbocycles. The lowest BCUT2D eigenvalue weighted by Gasteiger charge is -2.04.